The fourth-order valence-electron chi connectivity index (χ4n) is 2.04. The number of amides is 1. The summed E-state index contributed by atoms with van der Waals surface area (Å²) in [5.74, 6) is -0.598. The smallest absolute Gasteiger partial charge is 0.368 e. The molecule has 2 heterocycles. The Balaban J connectivity index is 1.88. The summed E-state index contributed by atoms with van der Waals surface area (Å²) in [5.41, 5.74) is -0.691. The maximum Gasteiger partial charge on any atom is 0.419 e. The molecule has 2 aromatic heterocycles. The number of rotatable bonds is 5. The topological polar surface area (TPSA) is 71.8 Å². The van der Waals surface area contributed by atoms with Crippen LogP contribution in [0.1, 0.15) is 36.7 Å². The maximum absolute atomic E-state index is 12.8. The van der Waals surface area contributed by atoms with Gasteiger partial charge >= 0.3 is 6.18 Å². The number of aromatic nitrogens is 3. The number of anilines is 1. The Bertz CT molecular complexity index is 734. The Morgan fingerprint density at radius 3 is 2.56 bits per heavy atom. The first-order valence-corrected chi connectivity index (χ1v) is 7.68. The highest BCUT2D eigenvalue weighted by atomic mass is 19.4. The van der Waals surface area contributed by atoms with Gasteiger partial charge in [-0.1, -0.05) is 0 Å². The van der Waals surface area contributed by atoms with Crippen molar-refractivity contribution in [2.75, 3.05) is 18.4 Å². The molecule has 0 radical (unpaired) electrons. The molecule has 0 aromatic carbocycles. The van der Waals surface area contributed by atoms with Crippen LogP contribution in [-0.4, -0.2) is 33.8 Å². The fourth-order valence-corrected chi connectivity index (χ4v) is 2.04. The van der Waals surface area contributed by atoms with Gasteiger partial charge in [0.2, 0.25) is 0 Å². The highest BCUT2D eigenvalue weighted by Gasteiger charge is 2.33. The lowest BCUT2D eigenvalue weighted by atomic mass is 10.1. The van der Waals surface area contributed by atoms with Gasteiger partial charge in [0.15, 0.2) is 0 Å². The average molecular weight is 355 g/mol. The van der Waals surface area contributed by atoms with Crippen molar-refractivity contribution >= 4 is 11.7 Å². The Labute approximate surface area is 143 Å². The minimum absolute atomic E-state index is 0.110. The molecule has 0 aliphatic carbocycles. The van der Waals surface area contributed by atoms with Gasteiger partial charge in [-0.05, 0) is 32.9 Å². The van der Waals surface area contributed by atoms with Crippen molar-refractivity contribution in [2.24, 2.45) is 0 Å². The zero-order valence-corrected chi connectivity index (χ0v) is 14.2. The van der Waals surface area contributed by atoms with Gasteiger partial charge in [-0.3, -0.25) is 9.48 Å². The van der Waals surface area contributed by atoms with E-state index >= 15 is 0 Å². The molecule has 0 aliphatic heterocycles. The van der Waals surface area contributed by atoms with Crippen LogP contribution >= 0.6 is 0 Å². The molecule has 0 fully saturated rings. The van der Waals surface area contributed by atoms with E-state index in [4.69, 9.17) is 0 Å². The van der Waals surface area contributed by atoms with Gasteiger partial charge in [-0.2, -0.15) is 18.3 Å². The van der Waals surface area contributed by atoms with Crippen LogP contribution in [0.25, 0.3) is 0 Å². The lowest BCUT2D eigenvalue weighted by Crippen LogP contribution is -2.29. The number of carbonyl (C=O) groups is 1. The third-order valence-corrected chi connectivity index (χ3v) is 3.35. The molecule has 0 saturated heterocycles. The number of hydrogen-bond acceptors (Lipinski definition) is 4. The van der Waals surface area contributed by atoms with Crippen LogP contribution in [0.2, 0.25) is 0 Å². The van der Waals surface area contributed by atoms with Crippen molar-refractivity contribution < 1.29 is 18.0 Å². The first-order chi connectivity index (χ1) is 11.6. The molecule has 2 rings (SSSR count). The Morgan fingerprint density at radius 1 is 1.24 bits per heavy atom. The summed E-state index contributed by atoms with van der Waals surface area (Å²) in [6.07, 6.45) is -0.129. The van der Waals surface area contributed by atoms with Crippen LogP contribution in [0, 0.1) is 0 Å². The second-order valence-corrected chi connectivity index (χ2v) is 6.42. The third kappa shape index (κ3) is 4.94. The van der Waals surface area contributed by atoms with Crippen LogP contribution in [0.5, 0.6) is 0 Å². The molecule has 0 atom stereocenters. The van der Waals surface area contributed by atoms with Crippen molar-refractivity contribution in [3.8, 4) is 0 Å². The molecule has 0 bridgehead atoms. The van der Waals surface area contributed by atoms with Gasteiger partial charge in [0.25, 0.3) is 5.91 Å². The number of hydrogen-bond donors (Lipinski definition) is 2. The zero-order chi connectivity index (χ0) is 18.7. The lowest BCUT2D eigenvalue weighted by molar-refractivity contribution is -0.137. The highest BCUT2D eigenvalue weighted by molar-refractivity contribution is 5.93. The van der Waals surface area contributed by atoms with E-state index in [0.717, 1.165) is 6.07 Å². The number of alkyl halides is 3. The molecule has 9 heteroatoms. The van der Waals surface area contributed by atoms with Gasteiger partial charge in [0, 0.05) is 25.5 Å². The highest BCUT2D eigenvalue weighted by Crippen LogP contribution is 2.33. The largest absolute Gasteiger partial charge is 0.419 e. The van der Waals surface area contributed by atoms with E-state index in [2.05, 4.69) is 20.7 Å². The van der Waals surface area contributed by atoms with Crippen molar-refractivity contribution in [3.05, 3.63) is 41.9 Å². The van der Waals surface area contributed by atoms with E-state index in [1.807, 2.05) is 20.8 Å². The standard InChI is InChI=1S/C16H20F3N5O/c1-15(2,3)24-10-11(9-23-24)14(25)22-8-7-21-13-12(16(17,18)19)5-4-6-20-13/h4-6,9-10H,7-8H2,1-3H3,(H,20,21)(H,22,25). The number of halogens is 3. The monoisotopic (exact) mass is 355 g/mol. The lowest BCUT2D eigenvalue weighted by Gasteiger charge is -2.18. The predicted molar refractivity (Wildman–Crippen MR) is 87.3 cm³/mol. The van der Waals surface area contributed by atoms with Crippen molar-refractivity contribution in [1.82, 2.24) is 20.1 Å². The first kappa shape index (κ1) is 18.8. The number of carbonyl (C=O) groups excluding carboxylic acids is 1. The summed E-state index contributed by atoms with van der Waals surface area (Å²) in [7, 11) is 0. The van der Waals surface area contributed by atoms with Crippen LogP contribution in [0.4, 0.5) is 19.0 Å². The van der Waals surface area contributed by atoms with Crippen molar-refractivity contribution in [1.29, 1.82) is 0 Å². The van der Waals surface area contributed by atoms with Gasteiger partial charge in [0.1, 0.15) is 5.82 Å². The summed E-state index contributed by atoms with van der Waals surface area (Å²) in [6.45, 7) is 6.12. The van der Waals surface area contributed by atoms with E-state index in [9.17, 15) is 18.0 Å². The van der Waals surface area contributed by atoms with Gasteiger partial charge in [-0.25, -0.2) is 4.98 Å². The fraction of sp³-hybridized carbons (Fsp3) is 0.438. The quantitative estimate of drug-likeness (QED) is 0.809. The minimum atomic E-state index is -4.48. The summed E-state index contributed by atoms with van der Waals surface area (Å²) in [4.78, 5) is 15.7. The predicted octanol–water partition coefficient (Wildman–Crippen LogP) is 2.89. The summed E-state index contributed by atoms with van der Waals surface area (Å²) in [6, 6.07) is 2.18. The van der Waals surface area contributed by atoms with Gasteiger partial charge < -0.3 is 10.6 Å². The van der Waals surface area contributed by atoms with E-state index < -0.39 is 11.7 Å². The van der Waals surface area contributed by atoms with Gasteiger partial charge in [-0.15, -0.1) is 0 Å². The molecule has 25 heavy (non-hydrogen) atoms. The Kier molecular flexibility index (Phi) is 5.34. The third-order valence-electron chi connectivity index (χ3n) is 3.35. The molecule has 6 nitrogen and oxygen atoms in total. The second-order valence-electron chi connectivity index (χ2n) is 6.42. The molecule has 2 N–H and O–H groups in total. The summed E-state index contributed by atoms with van der Waals surface area (Å²) in [5, 5.41) is 9.35. The average Bonchev–Trinajstić information content (AvgIpc) is 3.01. The zero-order valence-electron chi connectivity index (χ0n) is 14.2. The molecule has 0 unspecified atom stereocenters. The van der Waals surface area contributed by atoms with Crippen LogP contribution in [0.15, 0.2) is 30.7 Å². The summed E-state index contributed by atoms with van der Waals surface area (Å²) >= 11 is 0. The minimum Gasteiger partial charge on any atom is -0.368 e. The molecule has 0 saturated carbocycles. The number of nitrogens with zero attached hydrogens (tertiary/aromatic N) is 3. The molecule has 136 valence electrons. The van der Waals surface area contributed by atoms with Crippen molar-refractivity contribution in [3.63, 3.8) is 0 Å². The normalized spacial score (nSPS) is 12.1. The van der Waals surface area contributed by atoms with E-state index in [1.54, 1.807) is 10.9 Å². The summed E-state index contributed by atoms with van der Waals surface area (Å²) < 4.78 is 40.2. The van der Waals surface area contributed by atoms with Gasteiger partial charge in [0.05, 0.1) is 22.9 Å². The Hall–Kier alpha value is -2.58. The van der Waals surface area contributed by atoms with E-state index in [0.29, 0.717) is 5.56 Å². The van der Waals surface area contributed by atoms with E-state index in [-0.39, 0.29) is 30.4 Å². The Morgan fingerprint density at radius 2 is 1.96 bits per heavy atom. The molecular weight excluding hydrogens is 335 g/mol. The number of nitrogens with one attached hydrogen (secondary N) is 2. The molecule has 1 amide bonds. The first-order valence-electron chi connectivity index (χ1n) is 7.68. The molecule has 0 spiro atoms. The van der Waals surface area contributed by atoms with Crippen LogP contribution in [-0.2, 0) is 11.7 Å². The molecule has 2 aromatic rings. The number of pyridine rings is 1. The SMILES string of the molecule is CC(C)(C)n1cc(C(=O)NCCNc2ncccc2C(F)(F)F)cn1. The molecule has 0 aliphatic rings. The second kappa shape index (κ2) is 7.12. The van der Waals surface area contributed by atoms with Crippen LogP contribution < -0.4 is 10.6 Å². The van der Waals surface area contributed by atoms with Crippen molar-refractivity contribution in [2.45, 2.75) is 32.5 Å². The van der Waals surface area contributed by atoms with E-state index in [1.165, 1.54) is 18.5 Å². The molecular formula is C16H20F3N5O. The van der Waals surface area contributed by atoms with Crippen LogP contribution in [0.3, 0.4) is 0 Å². The maximum atomic E-state index is 12.8.